The topological polar surface area (TPSA) is 120 Å². The largest absolute Gasteiger partial charge is 0.391 e. The Hall–Kier alpha value is -1.97. The predicted octanol–water partition coefficient (Wildman–Crippen LogP) is 0.627. The van der Waals surface area contributed by atoms with Gasteiger partial charge in [0.15, 0.2) is 29.5 Å². The summed E-state index contributed by atoms with van der Waals surface area (Å²) < 4.78 is 12.7. The molecule has 2 unspecified atom stereocenters. The zero-order valence-corrected chi connectivity index (χ0v) is 12.7. The molecule has 2 aromatic rings. The van der Waals surface area contributed by atoms with Crippen molar-refractivity contribution in [3.8, 4) is 0 Å². The number of hydrogen-bond acceptors (Lipinski definition) is 8. The fourth-order valence-electron chi connectivity index (χ4n) is 3.19. The van der Waals surface area contributed by atoms with Crippen molar-refractivity contribution in [2.45, 2.75) is 44.2 Å². The van der Waals surface area contributed by atoms with E-state index in [1.54, 1.807) is 10.9 Å². The van der Waals surface area contributed by atoms with Crippen molar-refractivity contribution >= 4 is 22.9 Å². The molecule has 4 N–H and O–H groups in total. The normalized spacial score (nSPS) is 25.4. The van der Waals surface area contributed by atoms with Crippen molar-refractivity contribution < 1.29 is 14.6 Å². The summed E-state index contributed by atoms with van der Waals surface area (Å²) in [6.07, 6.45) is 5.36. The van der Waals surface area contributed by atoms with E-state index in [0.29, 0.717) is 29.6 Å². The highest BCUT2D eigenvalue weighted by Crippen LogP contribution is 2.29. The molecule has 2 atom stereocenters. The predicted molar refractivity (Wildman–Crippen MR) is 82.6 cm³/mol. The Morgan fingerprint density at radius 3 is 2.91 bits per heavy atom. The number of nitrogens with one attached hydrogen (secondary N) is 1. The summed E-state index contributed by atoms with van der Waals surface area (Å²) in [7, 11) is 0. The quantitative estimate of drug-likeness (QED) is 0.750. The number of nitrogens with two attached hydrogens (primary N) is 1. The number of imidazole rings is 1. The fourth-order valence-corrected chi connectivity index (χ4v) is 3.19. The zero-order chi connectivity index (χ0) is 15.8. The van der Waals surface area contributed by atoms with Gasteiger partial charge in [0.2, 0.25) is 5.95 Å². The number of rotatable bonds is 4. The highest BCUT2D eigenvalue weighted by molar-refractivity contribution is 5.84. The molecule has 1 saturated carbocycles. The zero-order valence-electron chi connectivity index (χ0n) is 12.7. The van der Waals surface area contributed by atoms with E-state index in [1.165, 1.54) is 12.8 Å². The average Bonchev–Trinajstić information content (AvgIpc) is 3.26. The Morgan fingerprint density at radius 1 is 1.35 bits per heavy atom. The van der Waals surface area contributed by atoms with Crippen LogP contribution in [0.1, 0.15) is 31.9 Å². The number of ether oxygens (including phenoxy) is 2. The summed E-state index contributed by atoms with van der Waals surface area (Å²) in [6.45, 7) is 0.140. The van der Waals surface area contributed by atoms with Gasteiger partial charge in [-0.05, 0) is 12.8 Å². The lowest BCUT2D eigenvalue weighted by atomic mass is 10.2. The van der Waals surface area contributed by atoms with Gasteiger partial charge in [-0.2, -0.15) is 9.97 Å². The van der Waals surface area contributed by atoms with Crippen LogP contribution in [-0.2, 0) is 9.47 Å². The number of nitrogen functional groups attached to an aromatic ring is 1. The molecule has 4 rings (SSSR count). The van der Waals surface area contributed by atoms with Gasteiger partial charge >= 0.3 is 0 Å². The summed E-state index contributed by atoms with van der Waals surface area (Å²) in [5.74, 6) is 0.855. The molecule has 2 aromatic heterocycles. The molecule has 0 aromatic carbocycles. The smallest absolute Gasteiger partial charge is 0.224 e. The van der Waals surface area contributed by atoms with Gasteiger partial charge in [-0.15, -0.1) is 0 Å². The molecule has 0 spiro atoms. The first-order valence-electron chi connectivity index (χ1n) is 7.89. The maximum absolute atomic E-state index is 9.11. The van der Waals surface area contributed by atoms with Crippen molar-refractivity contribution in [3.05, 3.63) is 6.33 Å². The van der Waals surface area contributed by atoms with Crippen molar-refractivity contribution in [1.29, 1.82) is 0 Å². The van der Waals surface area contributed by atoms with Crippen LogP contribution in [0.2, 0.25) is 0 Å². The number of fused-ring (bicyclic) bond motifs is 1. The average molecular weight is 320 g/mol. The third kappa shape index (κ3) is 2.71. The van der Waals surface area contributed by atoms with Gasteiger partial charge in [0.25, 0.3) is 0 Å². The molecule has 3 heterocycles. The minimum atomic E-state index is -0.618. The first-order chi connectivity index (χ1) is 11.2. The molecule has 1 saturated heterocycles. The van der Waals surface area contributed by atoms with Crippen LogP contribution in [0.5, 0.6) is 0 Å². The molecule has 1 aliphatic heterocycles. The molecule has 23 heavy (non-hydrogen) atoms. The van der Waals surface area contributed by atoms with E-state index in [0.717, 1.165) is 12.8 Å². The van der Waals surface area contributed by atoms with Crippen molar-refractivity contribution in [3.63, 3.8) is 0 Å². The second-order valence-electron chi connectivity index (χ2n) is 5.92. The van der Waals surface area contributed by atoms with Crippen LogP contribution in [-0.4, -0.2) is 50.2 Å². The highest BCUT2D eigenvalue weighted by atomic mass is 16.7. The second-order valence-corrected chi connectivity index (χ2v) is 5.92. The standard InChI is InChI=1S/C14H20N6O3/c15-14-18-12(17-8-3-1-2-4-8)11-13(19-14)20(7-16-11)9-6-22-10(5-21)23-9/h7-10,21H,1-6H2,(H3,15,17,18,19). The monoisotopic (exact) mass is 320 g/mol. The number of nitrogens with zero attached hydrogens (tertiary/aromatic N) is 4. The Morgan fingerprint density at radius 2 is 2.17 bits per heavy atom. The van der Waals surface area contributed by atoms with Crippen LogP contribution in [0.4, 0.5) is 11.8 Å². The minimum absolute atomic E-state index is 0.186. The molecule has 124 valence electrons. The Kier molecular flexibility index (Phi) is 3.76. The Bertz CT molecular complexity index is 699. The summed E-state index contributed by atoms with van der Waals surface area (Å²) in [5, 5.41) is 12.5. The molecule has 9 heteroatoms. The maximum Gasteiger partial charge on any atom is 0.224 e. The van der Waals surface area contributed by atoms with Gasteiger partial charge in [0.1, 0.15) is 0 Å². The van der Waals surface area contributed by atoms with Crippen molar-refractivity contribution in [2.75, 3.05) is 24.3 Å². The molecular weight excluding hydrogens is 300 g/mol. The lowest BCUT2D eigenvalue weighted by Crippen LogP contribution is -2.17. The van der Waals surface area contributed by atoms with Gasteiger partial charge in [-0.1, -0.05) is 12.8 Å². The van der Waals surface area contributed by atoms with Crippen molar-refractivity contribution in [1.82, 2.24) is 19.5 Å². The van der Waals surface area contributed by atoms with E-state index in [1.807, 2.05) is 0 Å². The fraction of sp³-hybridized carbons (Fsp3) is 0.643. The van der Waals surface area contributed by atoms with Gasteiger partial charge in [-0.3, -0.25) is 4.57 Å². The molecule has 1 aliphatic carbocycles. The number of aromatic nitrogens is 4. The summed E-state index contributed by atoms with van der Waals surface area (Å²) in [5.41, 5.74) is 7.13. The van der Waals surface area contributed by atoms with Crippen LogP contribution >= 0.6 is 0 Å². The van der Waals surface area contributed by atoms with Crippen molar-refractivity contribution in [2.24, 2.45) is 0 Å². The van der Waals surface area contributed by atoms with E-state index < -0.39 is 6.29 Å². The Balaban J connectivity index is 1.67. The van der Waals surface area contributed by atoms with E-state index >= 15 is 0 Å². The highest BCUT2D eigenvalue weighted by Gasteiger charge is 2.29. The van der Waals surface area contributed by atoms with Gasteiger partial charge in [0, 0.05) is 6.04 Å². The first-order valence-corrected chi connectivity index (χ1v) is 7.89. The number of aliphatic hydroxyl groups is 1. The van der Waals surface area contributed by atoms with Crippen LogP contribution in [0, 0.1) is 0 Å². The molecular formula is C14H20N6O3. The summed E-state index contributed by atoms with van der Waals surface area (Å²) in [6, 6.07) is 0.405. The maximum atomic E-state index is 9.11. The lowest BCUT2D eigenvalue weighted by molar-refractivity contribution is -0.0980. The third-order valence-corrected chi connectivity index (χ3v) is 4.33. The first kappa shape index (κ1) is 14.6. The van der Waals surface area contributed by atoms with E-state index in [-0.39, 0.29) is 18.8 Å². The molecule has 2 fully saturated rings. The molecule has 9 nitrogen and oxygen atoms in total. The molecule has 0 bridgehead atoms. The number of aliphatic hydroxyl groups excluding tert-OH is 1. The number of hydrogen-bond donors (Lipinski definition) is 3. The van der Waals surface area contributed by atoms with Gasteiger partial charge in [-0.25, -0.2) is 4.98 Å². The van der Waals surface area contributed by atoms with E-state index in [4.69, 9.17) is 20.3 Å². The number of anilines is 2. The second kappa shape index (κ2) is 5.91. The van der Waals surface area contributed by atoms with Gasteiger partial charge in [0.05, 0.1) is 19.5 Å². The van der Waals surface area contributed by atoms with Crippen LogP contribution in [0.25, 0.3) is 11.2 Å². The molecule has 2 aliphatic rings. The van der Waals surface area contributed by atoms with Gasteiger partial charge < -0.3 is 25.6 Å². The lowest BCUT2D eigenvalue weighted by Gasteiger charge is -2.14. The van der Waals surface area contributed by atoms with Crippen LogP contribution in [0.15, 0.2) is 6.33 Å². The summed E-state index contributed by atoms with van der Waals surface area (Å²) in [4.78, 5) is 13.0. The van der Waals surface area contributed by atoms with Crippen LogP contribution < -0.4 is 11.1 Å². The van der Waals surface area contributed by atoms with Crippen LogP contribution in [0.3, 0.4) is 0 Å². The Labute approximate surface area is 132 Å². The van der Waals surface area contributed by atoms with E-state index in [9.17, 15) is 0 Å². The summed E-state index contributed by atoms with van der Waals surface area (Å²) >= 11 is 0. The molecule has 0 amide bonds. The third-order valence-electron chi connectivity index (χ3n) is 4.33. The molecule has 0 radical (unpaired) electrons. The SMILES string of the molecule is Nc1nc(NC2CCCC2)c2ncn(C3COC(CO)O3)c2n1. The minimum Gasteiger partial charge on any atom is -0.391 e. The van der Waals surface area contributed by atoms with E-state index in [2.05, 4.69) is 20.3 Å².